The zero-order valence-corrected chi connectivity index (χ0v) is 25.9. The number of para-hydroxylation sites is 1. The molecule has 0 radical (unpaired) electrons. The van der Waals surface area contributed by atoms with E-state index in [1.807, 2.05) is 36.4 Å². The molecule has 1 saturated heterocycles. The number of nitrogens with zero attached hydrogens (tertiary/aromatic N) is 4. The van der Waals surface area contributed by atoms with Crippen LogP contribution in [0.4, 0.5) is 27.5 Å². The van der Waals surface area contributed by atoms with Crippen molar-refractivity contribution in [1.82, 2.24) is 9.88 Å². The second-order valence-electron chi connectivity index (χ2n) is 10.6. The molecule has 0 aliphatic carbocycles. The third-order valence-corrected chi connectivity index (χ3v) is 8.08. The number of amides is 2. The van der Waals surface area contributed by atoms with Crippen LogP contribution in [0.2, 0.25) is 5.02 Å². The molecule has 12 nitrogen and oxygen atoms in total. The highest BCUT2D eigenvalue weighted by Crippen LogP contribution is 2.30. The topological polar surface area (TPSA) is 147 Å². The van der Waals surface area contributed by atoms with Gasteiger partial charge in [0.25, 0.3) is 5.69 Å². The summed E-state index contributed by atoms with van der Waals surface area (Å²) in [4.78, 5) is 32.7. The minimum absolute atomic E-state index is 0.00119. The summed E-state index contributed by atoms with van der Waals surface area (Å²) in [7, 11) is -3.36. The van der Waals surface area contributed by atoms with Gasteiger partial charge in [-0.1, -0.05) is 35.9 Å². The standard InChI is InChI=1S/C31H31ClN6O6S/c1-45(42,43)35-23-8-11-27(12-9-23)44-30-14-7-22(20-33-30)21-36-17-15-26(16-18-36)37(25-5-3-2-4-6-25)31(39)34-24-10-13-28(32)29(19-24)38(40)41/h2-14,19-20,26,35H,15-18,21H2,1H3,(H,34,39). The molecule has 1 aromatic heterocycles. The first-order chi connectivity index (χ1) is 21.5. The van der Waals surface area contributed by atoms with Crippen molar-refractivity contribution in [1.29, 1.82) is 0 Å². The van der Waals surface area contributed by atoms with Crippen molar-refractivity contribution in [2.24, 2.45) is 0 Å². The van der Waals surface area contributed by atoms with Gasteiger partial charge in [-0.05, 0) is 66.9 Å². The molecular formula is C31H31ClN6O6S. The highest BCUT2D eigenvalue weighted by atomic mass is 35.5. The predicted octanol–water partition coefficient (Wildman–Crippen LogP) is 6.51. The summed E-state index contributed by atoms with van der Waals surface area (Å²) in [6.07, 6.45) is 4.30. The van der Waals surface area contributed by atoms with E-state index in [4.69, 9.17) is 16.3 Å². The van der Waals surface area contributed by atoms with Crippen LogP contribution in [0.25, 0.3) is 0 Å². The van der Waals surface area contributed by atoms with Crippen molar-refractivity contribution >= 4 is 50.4 Å². The summed E-state index contributed by atoms with van der Waals surface area (Å²) in [5.74, 6) is 0.939. The third-order valence-electron chi connectivity index (χ3n) is 7.15. The van der Waals surface area contributed by atoms with Gasteiger partial charge in [-0.3, -0.25) is 24.6 Å². The quantitative estimate of drug-likeness (QED) is 0.146. The number of nitrogens with one attached hydrogen (secondary N) is 2. The summed E-state index contributed by atoms with van der Waals surface area (Å²) in [5.41, 5.74) is 2.20. The number of sulfonamides is 1. The van der Waals surface area contributed by atoms with Gasteiger partial charge < -0.3 is 10.1 Å². The van der Waals surface area contributed by atoms with E-state index in [9.17, 15) is 23.3 Å². The minimum Gasteiger partial charge on any atom is -0.439 e. The maximum absolute atomic E-state index is 13.5. The number of carbonyl (C=O) groups is 1. The predicted molar refractivity (Wildman–Crippen MR) is 174 cm³/mol. The van der Waals surface area contributed by atoms with Crippen LogP contribution in [0.15, 0.2) is 91.1 Å². The summed E-state index contributed by atoms with van der Waals surface area (Å²) >= 11 is 5.94. The molecule has 5 rings (SSSR count). The van der Waals surface area contributed by atoms with Crippen LogP contribution < -0.4 is 19.7 Å². The molecule has 2 amide bonds. The van der Waals surface area contributed by atoms with Gasteiger partial charge in [0, 0.05) is 61.1 Å². The number of urea groups is 1. The number of nitro benzene ring substituents is 1. The highest BCUT2D eigenvalue weighted by molar-refractivity contribution is 7.92. The van der Waals surface area contributed by atoms with Crippen molar-refractivity contribution in [3.63, 3.8) is 0 Å². The molecule has 3 aromatic carbocycles. The third kappa shape index (κ3) is 8.69. The SMILES string of the molecule is CS(=O)(=O)Nc1ccc(Oc2ccc(CN3CCC(N(C(=O)Nc4ccc(Cl)c([N+](=O)[O-])c4)c4ccccc4)CC3)cn2)cc1. The number of benzene rings is 3. The molecule has 0 spiro atoms. The van der Waals surface area contributed by atoms with Gasteiger partial charge in [-0.2, -0.15) is 0 Å². The Hall–Kier alpha value is -4.72. The van der Waals surface area contributed by atoms with E-state index < -0.39 is 14.9 Å². The molecule has 1 aliphatic rings. The van der Waals surface area contributed by atoms with Crippen LogP contribution in [0.1, 0.15) is 18.4 Å². The molecular weight excluding hydrogens is 620 g/mol. The molecule has 1 fully saturated rings. The van der Waals surface area contributed by atoms with Crippen LogP contribution in [-0.2, 0) is 16.6 Å². The number of anilines is 3. The van der Waals surface area contributed by atoms with E-state index in [0.717, 1.165) is 43.4 Å². The first kappa shape index (κ1) is 31.7. The van der Waals surface area contributed by atoms with Gasteiger partial charge in [-0.25, -0.2) is 18.2 Å². The Kier molecular flexibility index (Phi) is 9.81. The van der Waals surface area contributed by atoms with E-state index >= 15 is 0 Å². The average Bonchev–Trinajstić information content (AvgIpc) is 3.01. The van der Waals surface area contributed by atoms with Gasteiger partial charge >= 0.3 is 6.03 Å². The summed E-state index contributed by atoms with van der Waals surface area (Å²) in [6, 6.07) is 23.3. The highest BCUT2D eigenvalue weighted by Gasteiger charge is 2.30. The largest absolute Gasteiger partial charge is 0.439 e. The van der Waals surface area contributed by atoms with Crippen LogP contribution in [-0.4, -0.2) is 54.6 Å². The van der Waals surface area contributed by atoms with Gasteiger partial charge in [0.1, 0.15) is 10.8 Å². The van der Waals surface area contributed by atoms with Crippen LogP contribution in [0.3, 0.4) is 0 Å². The van der Waals surface area contributed by atoms with Crippen molar-refractivity contribution in [2.45, 2.75) is 25.4 Å². The Morgan fingerprint density at radius 2 is 1.73 bits per heavy atom. The first-order valence-corrected chi connectivity index (χ1v) is 16.3. The first-order valence-electron chi connectivity index (χ1n) is 14.1. The Morgan fingerprint density at radius 3 is 2.36 bits per heavy atom. The lowest BCUT2D eigenvalue weighted by molar-refractivity contribution is -0.384. The number of piperidine rings is 1. The van der Waals surface area contributed by atoms with Crippen molar-refractivity contribution in [3.05, 3.63) is 112 Å². The number of halogens is 1. The van der Waals surface area contributed by atoms with Crippen LogP contribution >= 0.6 is 11.6 Å². The number of carbonyl (C=O) groups excluding carboxylic acids is 1. The number of aromatic nitrogens is 1. The number of rotatable bonds is 10. The number of ether oxygens (including phenoxy) is 1. The Balaban J connectivity index is 1.18. The van der Waals surface area contributed by atoms with E-state index in [1.165, 1.54) is 12.1 Å². The molecule has 14 heteroatoms. The molecule has 0 unspecified atom stereocenters. The van der Waals surface area contributed by atoms with Gasteiger partial charge in [-0.15, -0.1) is 0 Å². The monoisotopic (exact) mass is 650 g/mol. The van der Waals surface area contributed by atoms with E-state index in [1.54, 1.807) is 47.5 Å². The zero-order chi connectivity index (χ0) is 32.0. The Morgan fingerprint density at radius 1 is 1.04 bits per heavy atom. The lowest BCUT2D eigenvalue weighted by atomic mass is 10.0. The average molecular weight is 651 g/mol. The molecule has 0 bridgehead atoms. The fraction of sp³-hybridized carbons (Fsp3) is 0.226. The fourth-order valence-corrected chi connectivity index (χ4v) is 5.83. The maximum Gasteiger partial charge on any atom is 0.326 e. The second-order valence-corrected chi connectivity index (χ2v) is 12.7. The van der Waals surface area contributed by atoms with Crippen molar-refractivity contribution in [2.75, 3.05) is 34.3 Å². The molecule has 4 aromatic rings. The normalized spacial score (nSPS) is 14.0. The molecule has 1 aliphatic heterocycles. The summed E-state index contributed by atoms with van der Waals surface area (Å²) in [5, 5.41) is 14.1. The smallest absolute Gasteiger partial charge is 0.326 e. The summed E-state index contributed by atoms with van der Waals surface area (Å²) in [6.45, 7) is 2.18. The van der Waals surface area contributed by atoms with Gasteiger partial charge in [0.05, 0.1) is 11.2 Å². The van der Waals surface area contributed by atoms with Crippen molar-refractivity contribution in [3.8, 4) is 11.6 Å². The molecule has 2 N–H and O–H groups in total. The van der Waals surface area contributed by atoms with Crippen LogP contribution in [0, 0.1) is 10.1 Å². The maximum atomic E-state index is 13.5. The number of likely N-dealkylation sites (tertiary alicyclic amines) is 1. The Labute approximate surface area is 265 Å². The van der Waals surface area contributed by atoms with E-state index in [0.29, 0.717) is 23.9 Å². The van der Waals surface area contributed by atoms with E-state index in [-0.39, 0.29) is 28.5 Å². The van der Waals surface area contributed by atoms with E-state index in [2.05, 4.69) is 19.9 Å². The number of hydrogen-bond acceptors (Lipinski definition) is 8. The second kappa shape index (κ2) is 13.9. The lowest BCUT2D eigenvalue weighted by Gasteiger charge is -2.38. The lowest BCUT2D eigenvalue weighted by Crippen LogP contribution is -2.49. The minimum atomic E-state index is -3.36. The fourth-order valence-electron chi connectivity index (χ4n) is 5.08. The van der Waals surface area contributed by atoms with Gasteiger partial charge in [0.2, 0.25) is 15.9 Å². The van der Waals surface area contributed by atoms with Crippen LogP contribution in [0.5, 0.6) is 11.6 Å². The number of hydrogen-bond donors (Lipinski definition) is 2. The molecule has 45 heavy (non-hydrogen) atoms. The zero-order valence-electron chi connectivity index (χ0n) is 24.3. The molecule has 0 atom stereocenters. The van der Waals surface area contributed by atoms with Crippen molar-refractivity contribution < 1.29 is 22.9 Å². The molecule has 2 heterocycles. The Bertz CT molecular complexity index is 1750. The molecule has 234 valence electrons. The molecule has 0 saturated carbocycles. The number of pyridine rings is 1. The number of nitro groups is 1. The summed E-state index contributed by atoms with van der Waals surface area (Å²) < 4.78 is 31.0. The van der Waals surface area contributed by atoms with Gasteiger partial charge in [0.15, 0.2) is 0 Å².